The van der Waals surface area contributed by atoms with Crippen LogP contribution in [0.2, 0.25) is 0 Å². The van der Waals surface area contributed by atoms with E-state index in [1.165, 1.54) is 22.3 Å². The number of benzene rings is 2. The minimum Gasteiger partial charge on any atom is -0.369 e. The maximum Gasteiger partial charge on any atom is 0.221 e. The van der Waals surface area contributed by atoms with E-state index in [4.69, 9.17) is 5.73 Å². The lowest BCUT2D eigenvalue weighted by Gasteiger charge is -2.31. The highest BCUT2D eigenvalue weighted by Crippen LogP contribution is 2.18. The molecule has 0 bridgehead atoms. The Hall–Kier alpha value is -2.43. The first-order valence-electron chi connectivity index (χ1n) is 10.1. The Bertz CT molecular complexity index is 801. The Morgan fingerprint density at radius 3 is 2.75 bits per heavy atom. The third kappa shape index (κ3) is 6.32. The number of piperidine rings is 1. The predicted molar refractivity (Wildman–Crippen MR) is 115 cm³/mol. The van der Waals surface area contributed by atoms with Crippen LogP contribution in [0.3, 0.4) is 0 Å². The Balaban J connectivity index is 1.49. The molecule has 1 unspecified atom stereocenters. The minimum absolute atomic E-state index is 0.00187. The van der Waals surface area contributed by atoms with Crippen LogP contribution < -0.4 is 11.1 Å². The van der Waals surface area contributed by atoms with Gasteiger partial charge < -0.3 is 11.1 Å². The molecule has 0 radical (unpaired) electrons. The van der Waals surface area contributed by atoms with Gasteiger partial charge in [0.05, 0.1) is 5.92 Å². The van der Waals surface area contributed by atoms with Crippen molar-refractivity contribution in [3.05, 3.63) is 76.9 Å². The molecule has 28 heavy (non-hydrogen) atoms. The van der Waals surface area contributed by atoms with E-state index in [0.717, 1.165) is 45.6 Å². The number of hydrogen-bond acceptors (Lipinski definition) is 3. The molecule has 3 rings (SSSR count). The molecular formula is C24H31N3O. The summed E-state index contributed by atoms with van der Waals surface area (Å²) in [5.41, 5.74) is 10.6. The van der Waals surface area contributed by atoms with Crippen molar-refractivity contribution in [1.29, 1.82) is 0 Å². The average Bonchev–Trinajstić information content (AvgIpc) is 2.69. The molecule has 3 N–H and O–H groups in total. The number of likely N-dealkylation sites (tertiary alicyclic amines) is 1. The van der Waals surface area contributed by atoms with E-state index in [2.05, 4.69) is 71.7 Å². The van der Waals surface area contributed by atoms with Crippen molar-refractivity contribution in [1.82, 2.24) is 10.2 Å². The predicted octanol–water partition coefficient (Wildman–Crippen LogP) is 3.58. The molecule has 1 atom stereocenters. The van der Waals surface area contributed by atoms with Gasteiger partial charge in [-0.3, -0.25) is 9.69 Å². The summed E-state index contributed by atoms with van der Waals surface area (Å²) in [7, 11) is 0. The van der Waals surface area contributed by atoms with E-state index in [9.17, 15) is 4.79 Å². The maximum absolute atomic E-state index is 11.5. The van der Waals surface area contributed by atoms with E-state index in [0.29, 0.717) is 0 Å². The van der Waals surface area contributed by atoms with Gasteiger partial charge in [0, 0.05) is 26.2 Å². The van der Waals surface area contributed by atoms with Gasteiger partial charge in [0.1, 0.15) is 0 Å². The molecule has 1 aliphatic rings. The first kappa shape index (κ1) is 20.3. The molecule has 2 aromatic rings. The highest BCUT2D eigenvalue weighted by Gasteiger charge is 2.23. The lowest BCUT2D eigenvalue weighted by molar-refractivity contribution is -0.123. The quantitative estimate of drug-likeness (QED) is 0.739. The molecule has 1 fully saturated rings. The number of rotatable bonds is 8. The first-order valence-corrected chi connectivity index (χ1v) is 10.1. The molecule has 0 saturated carbocycles. The minimum atomic E-state index is -0.165. The van der Waals surface area contributed by atoms with Gasteiger partial charge in [0.15, 0.2) is 0 Å². The zero-order valence-electron chi connectivity index (χ0n) is 16.7. The molecule has 1 heterocycles. The van der Waals surface area contributed by atoms with Crippen molar-refractivity contribution in [3.8, 4) is 0 Å². The summed E-state index contributed by atoms with van der Waals surface area (Å²) < 4.78 is 0. The molecule has 4 nitrogen and oxygen atoms in total. The third-order valence-corrected chi connectivity index (χ3v) is 5.25. The van der Waals surface area contributed by atoms with E-state index in [1.807, 2.05) is 6.07 Å². The molecule has 0 spiro atoms. The lowest BCUT2D eigenvalue weighted by atomic mass is 9.97. The third-order valence-electron chi connectivity index (χ3n) is 5.25. The van der Waals surface area contributed by atoms with Crippen LogP contribution in [0, 0.1) is 5.92 Å². The fourth-order valence-corrected chi connectivity index (χ4v) is 3.82. The second kappa shape index (κ2) is 10.2. The van der Waals surface area contributed by atoms with Gasteiger partial charge in [-0.05, 0) is 43.0 Å². The summed E-state index contributed by atoms with van der Waals surface area (Å²) in [5, 5.41) is 3.53. The van der Waals surface area contributed by atoms with Gasteiger partial charge in [-0.15, -0.1) is 0 Å². The summed E-state index contributed by atoms with van der Waals surface area (Å²) in [4.78, 5) is 13.8. The molecule has 4 heteroatoms. The largest absolute Gasteiger partial charge is 0.369 e. The van der Waals surface area contributed by atoms with E-state index in [1.54, 1.807) is 0 Å². The van der Waals surface area contributed by atoms with Gasteiger partial charge in [-0.1, -0.05) is 66.2 Å². The summed E-state index contributed by atoms with van der Waals surface area (Å²) in [5.74, 6) is -0.167. The van der Waals surface area contributed by atoms with Crippen LogP contribution in [0.25, 0.3) is 6.08 Å². The van der Waals surface area contributed by atoms with Crippen LogP contribution >= 0.6 is 0 Å². The monoisotopic (exact) mass is 377 g/mol. The summed E-state index contributed by atoms with van der Waals surface area (Å²) in [6.45, 7) is 6.56. The molecule has 1 amide bonds. The number of carbonyl (C=O) groups excluding carboxylic acids is 1. The van der Waals surface area contributed by atoms with E-state index < -0.39 is 0 Å². The van der Waals surface area contributed by atoms with Crippen LogP contribution in [0.4, 0.5) is 0 Å². The maximum atomic E-state index is 11.5. The Morgan fingerprint density at radius 2 is 1.96 bits per heavy atom. The van der Waals surface area contributed by atoms with Gasteiger partial charge in [0.2, 0.25) is 5.91 Å². The first-order chi connectivity index (χ1) is 13.6. The fraction of sp³-hybridized carbons (Fsp3) is 0.375. The number of hydrogen-bond donors (Lipinski definition) is 2. The highest BCUT2D eigenvalue weighted by atomic mass is 16.1. The molecule has 0 aromatic heterocycles. The number of nitrogens with zero attached hydrogens (tertiary/aromatic N) is 1. The van der Waals surface area contributed by atoms with Gasteiger partial charge in [0.25, 0.3) is 0 Å². The lowest BCUT2D eigenvalue weighted by Crippen LogP contribution is -2.40. The smallest absolute Gasteiger partial charge is 0.221 e. The molecule has 148 valence electrons. The fourth-order valence-electron chi connectivity index (χ4n) is 3.82. The van der Waals surface area contributed by atoms with Crippen molar-refractivity contribution in [2.45, 2.75) is 32.9 Å². The second-order valence-electron chi connectivity index (χ2n) is 7.80. The Labute approximate surface area is 168 Å². The molecule has 1 saturated heterocycles. The zero-order chi connectivity index (χ0) is 19.8. The number of nitrogens with one attached hydrogen (secondary N) is 1. The van der Waals surface area contributed by atoms with Crippen molar-refractivity contribution in [2.75, 3.05) is 19.6 Å². The van der Waals surface area contributed by atoms with Crippen LogP contribution in [-0.2, 0) is 17.9 Å². The topological polar surface area (TPSA) is 58.4 Å². The normalized spacial score (nSPS) is 18.2. The molecular weight excluding hydrogens is 346 g/mol. The van der Waals surface area contributed by atoms with Gasteiger partial charge in [-0.25, -0.2) is 0 Å². The van der Waals surface area contributed by atoms with Crippen LogP contribution in [-0.4, -0.2) is 30.4 Å². The van der Waals surface area contributed by atoms with E-state index >= 15 is 0 Å². The second-order valence-corrected chi connectivity index (χ2v) is 7.80. The SMILES string of the molecule is C/C(=C/c1ccccc1)CNCc1cccc(CN2CCCC(C(N)=O)C2)c1. The van der Waals surface area contributed by atoms with E-state index in [-0.39, 0.29) is 11.8 Å². The zero-order valence-corrected chi connectivity index (χ0v) is 16.7. The van der Waals surface area contributed by atoms with Crippen LogP contribution in [0.15, 0.2) is 60.2 Å². The summed E-state index contributed by atoms with van der Waals surface area (Å²) in [6, 6.07) is 19.1. The molecule has 0 aliphatic carbocycles. The number of carbonyl (C=O) groups is 1. The van der Waals surface area contributed by atoms with Crippen molar-refractivity contribution in [2.24, 2.45) is 11.7 Å². The highest BCUT2D eigenvalue weighted by molar-refractivity contribution is 5.76. The van der Waals surface area contributed by atoms with Crippen molar-refractivity contribution < 1.29 is 4.79 Å². The summed E-state index contributed by atoms with van der Waals surface area (Å²) >= 11 is 0. The van der Waals surface area contributed by atoms with Gasteiger partial charge >= 0.3 is 0 Å². The Kier molecular flexibility index (Phi) is 7.40. The van der Waals surface area contributed by atoms with Crippen molar-refractivity contribution in [3.63, 3.8) is 0 Å². The van der Waals surface area contributed by atoms with Crippen molar-refractivity contribution >= 4 is 12.0 Å². The number of nitrogens with two attached hydrogens (primary N) is 1. The molecule has 2 aromatic carbocycles. The number of amides is 1. The number of primary amides is 1. The van der Waals surface area contributed by atoms with Crippen LogP contribution in [0.1, 0.15) is 36.5 Å². The summed E-state index contributed by atoms with van der Waals surface area (Å²) in [6.07, 6.45) is 4.18. The Morgan fingerprint density at radius 1 is 1.18 bits per heavy atom. The molecule has 1 aliphatic heterocycles. The standard InChI is InChI=1S/C24H31N3O/c1-19(13-20-7-3-2-4-8-20)15-26-16-21-9-5-10-22(14-21)17-27-12-6-11-23(18-27)24(25)28/h2-5,7-10,13-14,23,26H,6,11-12,15-18H2,1H3,(H2,25,28)/b19-13-. The van der Waals surface area contributed by atoms with Gasteiger partial charge in [-0.2, -0.15) is 0 Å². The average molecular weight is 378 g/mol. The van der Waals surface area contributed by atoms with Crippen LogP contribution in [0.5, 0.6) is 0 Å².